The van der Waals surface area contributed by atoms with E-state index in [9.17, 15) is 0 Å². The van der Waals surface area contributed by atoms with E-state index in [0.29, 0.717) is 6.54 Å². The molecular weight excluding hydrogens is 186 g/mol. The maximum atomic E-state index is 4.23. The van der Waals surface area contributed by atoms with Crippen LogP contribution in [-0.4, -0.2) is 15.3 Å². The molecule has 1 aromatic heterocycles. The van der Waals surface area contributed by atoms with Crippen molar-refractivity contribution in [3.05, 3.63) is 18.0 Å². The van der Waals surface area contributed by atoms with Gasteiger partial charge < -0.3 is 5.32 Å². The van der Waals surface area contributed by atoms with Crippen LogP contribution in [0.25, 0.3) is 0 Å². The van der Waals surface area contributed by atoms with E-state index in [4.69, 9.17) is 0 Å². The molecule has 15 heavy (non-hydrogen) atoms. The summed E-state index contributed by atoms with van der Waals surface area (Å²) in [5.41, 5.74) is 1.30. The van der Waals surface area contributed by atoms with Crippen molar-refractivity contribution in [1.82, 2.24) is 15.1 Å². The minimum absolute atomic E-state index is 0.130. The highest BCUT2D eigenvalue weighted by Crippen LogP contribution is 2.03. The van der Waals surface area contributed by atoms with Crippen molar-refractivity contribution in [3.8, 4) is 11.8 Å². The molecule has 1 rings (SSSR count). The molecule has 0 aromatic carbocycles. The van der Waals surface area contributed by atoms with Crippen LogP contribution in [0.1, 0.15) is 33.4 Å². The second-order valence-corrected chi connectivity index (χ2v) is 4.51. The summed E-state index contributed by atoms with van der Waals surface area (Å²) in [5, 5.41) is 7.66. The van der Waals surface area contributed by atoms with Crippen LogP contribution in [0.4, 0.5) is 0 Å². The van der Waals surface area contributed by atoms with E-state index >= 15 is 0 Å². The minimum atomic E-state index is 0.130. The molecule has 0 unspecified atom stereocenters. The molecule has 0 saturated carbocycles. The first-order valence-electron chi connectivity index (χ1n) is 5.18. The molecule has 0 atom stereocenters. The predicted octanol–water partition coefficient (Wildman–Crippen LogP) is 1.79. The quantitative estimate of drug-likeness (QED) is 0.762. The van der Waals surface area contributed by atoms with Gasteiger partial charge in [0.1, 0.15) is 6.54 Å². The monoisotopic (exact) mass is 205 g/mol. The molecule has 0 bridgehead atoms. The molecule has 3 nitrogen and oxygen atoms in total. The number of hydrogen-bond acceptors (Lipinski definition) is 2. The Kier molecular flexibility index (Phi) is 3.93. The lowest BCUT2D eigenvalue weighted by molar-refractivity contribution is 0.414. The Hall–Kier alpha value is -1.27. The second kappa shape index (κ2) is 4.99. The fraction of sp³-hybridized carbons (Fsp3) is 0.583. The van der Waals surface area contributed by atoms with Crippen molar-refractivity contribution in [2.45, 2.75) is 46.3 Å². The predicted molar refractivity (Wildman–Crippen MR) is 62.3 cm³/mol. The lowest BCUT2D eigenvalue weighted by Crippen LogP contribution is -2.35. The van der Waals surface area contributed by atoms with Gasteiger partial charge in [0.25, 0.3) is 0 Å². The number of rotatable bonds is 3. The van der Waals surface area contributed by atoms with E-state index in [0.717, 1.165) is 6.54 Å². The van der Waals surface area contributed by atoms with Gasteiger partial charge in [-0.1, -0.05) is 5.92 Å². The second-order valence-electron chi connectivity index (χ2n) is 4.51. The molecule has 3 heteroatoms. The zero-order valence-electron chi connectivity index (χ0n) is 9.96. The molecule has 0 aliphatic heterocycles. The number of hydrogen-bond donors (Lipinski definition) is 1. The number of nitrogens with zero attached hydrogens (tertiary/aromatic N) is 2. The zero-order chi connectivity index (χ0) is 11.3. The van der Waals surface area contributed by atoms with Crippen molar-refractivity contribution in [3.63, 3.8) is 0 Å². The first-order valence-corrected chi connectivity index (χ1v) is 5.18. The van der Waals surface area contributed by atoms with E-state index in [-0.39, 0.29) is 5.54 Å². The summed E-state index contributed by atoms with van der Waals surface area (Å²) in [6.07, 6.45) is 1.82. The largest absolute Gasteiger partial charge is 0.306 e. The summed E-state index contributed by atoms with van der Waals surface area (Å²) < 4.78 is 1.93. The first-order chi connectivity index (χ1) is 7.03. The summed E-state index contributed by atoms with van der Waals surface area (Å²) in [6.45, 7) is 9.80. The van der Waals surface area contributed by atoms with Gasteiger partial charge >= 0.3 is 0 Å². The van der Waals surface area contributed by atoms with E-state index in [1.165, 1.54) is 5.69 Å². The third-order valence-electron chi connectivity index (χ3n) is 2.01. The Morgan fingerprint density at radius 2 is 2.20 bits per heavy atom. The highest BCUT2D eigenvalue weighted by Gasteiger charge is 2.10. The fourth-order valence-electron chi connectivity index (χ4n) is 1.16. The van der Waals surface area contributed by atoms with Gasteiger partial charge in [-0.15, -0.1) is 5.92 Å². The van der Waals surface area contributed by atoms with Gasteiger partial charge in [-0.05, 0) is 33.8 Å². The summed E-state index contributed by atoms with van der Waals surface area (Å²) >= 11 is 0. The van der Waals surface area contributed by atoms with Gasteiger partial charge in [0, 0.05) is 18.3 Å². The van der Waals surface area contributed by atoms with Gasteiger partial charge in [-0.25, -0.2) is 0 Å². The topological polar surface area (TPSA) is 29.9 Å². The third kappa shape index (κ3) is 4.18. The fourth-order valence-corrected chi connectivity index (χ4v) is 1.16. The summed E-state index contributed by atoms with van der Waals surface area (Å²) in [7, 11) is 0. The van der Waals surface area contributed by atoms with E-state index < -0.39 is 0 Å². The lowest BCUT2D eigenvalue weighted by Gasteiger charge is -2.20. The Balaban J connectivity index is 2.60. The molecular formula is C12H19N3. The summed E-state index contributed by atoms with van der Waals surface area (Å²) in [6, 6.07) is 2.02. The molecule has 0 saturated heterocycles. The third-order valence-corrected chi connectivity index (χ3v) is 2.01. The van der Waals surface area contributed by atoms with Crippen molar-refractivity contribution in [2.24, 2.45) is 0 Å². The van der Waals surface area contributed by atoms with Crippen molar-refractivity contribution >= 4 is 0 Å². The van der Waals surface area contributed by atoms with Crippen LogP contribution in [0.3, 0.4) is 0 Å². The number of aromatic nitrogens is 2. The average Bonchev–Trinajstić information content (AvgIpc) is 2.57. The van der Waals surface area contributed by atoms with Crippen LogP contribution >= 0.6 is 0 Å². The molecule has 0 aliphatic rings. The van der Waals surface area contributed by atoms with Crippen molar-refractivity contribution in [1.29, 1.82) is 0 Å². The van der Waals surface area contributed by atoms with E-state index in [1.54, 1.807) is 0 Å². The molecule has 0 amide bonds. The lowest BCUT2D eigenvalue weighted by atomic mass is 10.1. The SMILES string of the molecule is CC#CCn1nccc1CNC(C)(C)C. The van der Waals surface area contributed by atoms with Crippen LogP contribution in [-0.2, 0) is 13.1 Å². The van der Waals surface area contributed by atoms with Crippen molar-refractivity contribution < 1.29 is 0 Å². The highest BCUT2D eigenvalue weighted by atomic mass is 15.3. The molecule has 1 N–H and O–H groups in total. The van der Waals surface area contributed by atoms with Gasteiger partial charge in [-0.3, -0.25) is 4.68 Å². The molecule has 82 valence electrons. The van der Waals surface area contributed by atoms with Crippen LogP contribution in [0, 0.1) is 11.8 Å². The van der Waals surface area contributed by atoms with Gasteiger partial charge in [-0.2, -0.15) is 5.10 Å². The van der Waals surface area contributed by atoms with E-state index in [2.05, 4.69) is 43.0 Å². The van der Waals surface area contributed by atoms with Gasteiger partial charge in [0.15, 0.2) is 0 Å². The molecule has 0 aliphatic carbocycles. The normalized spacial score (nSPS) is 10.9. The van der Waals surface area contributed by atoms with Crippen LogP contribution < -0.4 is 5.32 Å². The smallest absolute Gasteiger partial charge is 0.102 e. The van der Waals surface area contributed by atoms with Crippen LogP contribution in [0.15, 0.2) is 12.3 Å². The van der Waals surface area contributed by atoms with Crippen LogP contribution in [0.2, 0.25) is 0 Å². The maximum absolute atomic E-state index is 4.23. The Morgan fingerprint density at radius 1 is 1.47 bits per heavy atom. The summed E-state index contributed by atoms with van der Waals surface area (Å²) in [4.78, 5) is 0. The van der Waals surface area contributed by atoms with Gasteiger partial charge in [0.2, 0.25) is 0 Å². The Morgan fingerprint density at radius 3 is 2.80 bits per heavy atom. The highest BCUT2D eigenvalue weighted by molar-refractivity contribution is 5.04. The molecule has 0 radical (unpaired) electrons. The first kappa shape index (κ1) is 11.8. The summed E-state index contributed by atoms with van der Waals surface area (Å²) in [5.74, 6) is 5.89. The van der Waals surface area contributed by atoms with Gasteiger partial charge in [0.05, 0.1) is 5.69 Å². The molecule has 1 aromatic rings. The average molecular weight is 205 g/mol. The van der Waals surface area contributed by atoms with Crippen LogP contribution in [0.5, 0.6) is 0 Å². The van der Waals surface area contributed by atoms with E-state index in [1.807, 2.05) is 23.9 Å². The van der Waals surface area contributed by atoms with Crippen molar-refractivity contribution in [2.75, 3.05) is 0 Å². The molecule has 0 spiro atoms. The molecule has 0 fully saturated rings. The minimum Gasteiger partial charge on any atom is -0.306 e. The molecule has 1 heterocycles. The Bertz CT molecular complexity index is 360. The standard InChI is InChI=1S/C12H19N3/c1-5-6-9-15-11(7-8-14-15)10-13-12(2,3)4/h7-8,13H,9-10H2,1-4H3. The number of nitrogens with one attached hydrogen (secondary N) is 1. The maximum Gasteiger partial charge on any atom is 0.102 e. The Labute approximate surface area is 91.9 Å². The zero-order valence-corrected chi connectivity index (χ0v) is 9.96.